The molecule has 3 heterocycles. The monoisotopic (exact) mass is 280 g/mol. The molecule has 3 rings (SSSR count). The van der Waals surface area contributed by atoms with E-state index in [2.05, 4.69) is 20.4 Å². The Morgan fingerprint density at radius 3 is 2.94 bits per heavy atom. The fourth-order valence-corrected chi connectivity index (χ4v) is 3.06. The molecule has 0 spiro atoms. The molecule has 6 nitrogen and oxygen atoms in total. The molecule has 0 radical (unpaired) electrons. The van der Waals surface area contributed by atoms with E-state index in [0.717, 1.165) is 0 Å². The molecule has 0 saturated heterocycles. The molecule has 3 aromatic rings. The third-order valence-corrected chi connectivity index (χ3v) is 3.92. The number of rotatable bonds is 1. The van der Waals surface area contributed by atoms with Gasteiger partial charge in [-0.05, 0) is 18.2 Å². The van der Waals surface area contributed by atoms with Crippen molar-refractivity contribution in [1.29, 1.82) is 0 Å². The van der Waals surface area contributed by atoms with Gasteiger partial charge in [0, 0.05) is 5.69 Å². The number of nitrogens with zero attached hydrogens (tertiary/aromatic N) is 4. The summed E-state index contributed by atoms with van der Waals surface area (Å²) in [5.74, 6) is -1.03. The highest BCUT2D eigenvalue weighted by Gasteiger charge is 2.19. The molecule has 90 valence electrons. The average Bonchev–Trinajstić information content (AvgIpc) is 2.67. The molecule has 0 aliphatic rings. The predicted molar refractivity (Wildman–Crippen MR) is 67.2 cm³/mol. The third kappa shape index (κ3) is 1.52. The Balaban J connectivity index is 2.59. The first kappa shape index (κ1) is 11.2. The molecule has 0 atom stereocenters. The van der Waals surface area contributed by atoms with Crippen LogP contribution in [0.15, 0.2) is 6.07 Å². The Kier molecular flexibility index (Phi) is 2.39. The zero-order valence-corrected chi connectivity index (χ0v) is 10.6. The lowest BCUT2D eigenvalue weighted by molar-refractivity contribution is 0.0699. The van der Waals surface area contributed by atoms with E-state index in [1.54, 1.807) is 6.92 Å². The van der Waals surface area contributed by atoms with Gasteiger partial charge in [0.2, 0.25) is 0 Å². The number of hydrogen-bond acceptors (Lipinski definition) is 6. The molecule has 0 aromatic carbocycles. The van der Waals surface area contributed by atoms with Gasteiger partial charge >= 0.3 is 5.97 Å². The van der Waals surface area contributed by atoms with Crippen molar-refractivity contribution in [2.45, 2.75) is 6.92 Å². The van der Waals surface area contributed by atoms with Crippen molar-refractivity contribution in [3.63, 3.8) is 0 Å². The number of thiophene rings is 1. The van der Waals surface area contributed by atoms with Crippen LogP contribution in [0.3, 0.4) is 0 Å². The maximum atomic E-state index is 11.3. The standard InChI is InChI=1S/C10H5ClN4O2S/c1-3-2-4(10(16)17)5-6-7(18-9(5)12-3)8(11)14-15-13-6/h2H,1H3,(H,16,17). The molecule has 3 aromatic heterocycles. The zero-order chi connectivity index (χ0) is 12.9. The minimum Gasteiger partial charge on any atom is -0.478 e. The highest BCUT2D eigenvalue weighted by Crippen LogP contribution is 2.36. The highest BCUT2D eigenvalue weighted by molar-refractivity contribution is 7.26. The van der Waals surface area contributed by atoms with E-state index in [1.165, 1.54) is 17.4 Å². The molecule has 0 bridgehead atoms. The van der Waals surface area contributed by atoms with E-state index in [1.807, 2.05) is 0 Å². The molecular formula is C10H5ClN4O2S. The van der Waals surface area contributed by atoms with Crippen LogP contribution in [-0.4, -0.2) is 31.5 Å². The highest BCUT2D eigenvalue weighted by atomic mass is 35.5. The average molecular weight is 281 g/mol. The van der Waals surface area contributed by atoms with E-state index >= 15 is 0 Å². The lowest BCUT2D eigenvalue weighted by Crippen LogP contribution is -1.99. The number of hydrogen-bond donors (Lipinski definition) is 1. The Bertz CT molecular complexity index is 801. The zero-order valence-electron chi connectivity index (χ0n) is 9.01. The second-order valence-electron chi connectivity index (χ2n) is 3.66. The largest absolute Gasteiger partial charge is 0.478 e. The van der Waals surface area contributed by atoms with Gasteiger partial charge in [-0.2, -0.15) is 0 Å². The van der Waals surface area contributed by atoms with Gasteiger partial charge in [-0.15, -0.1) is 21.5 Å². The van der Waals surface area contributed by atoms with Crippen LogP contribution >= 0.6 is 22.9 Å². The topological polar surface area (TPSA) is 88.9 Å². The summed E-state index contributed by atoms with van der Waals surface area (Å²) in [6, 6.07) is 1.51. The van der Waals surface area contributed by atoms with E-state index in [4.69, 9.17) is 11.6 Å². The Morgan fingerprint density at radius 2 is 2.22 bits per heavy atom. The minimum atomic E-state index is -1.03. The molecule has 18 heavy (non-hydrogen) atoms. The van der Waals surface area contributed by atoms with Crippen molar-refractivity contribution in [2.24, 2.45) is 0 Å². The number of aromatic nitrogens is 4. The van der Waals surface area contributed by atoms with Gasteiger partial charge in [0.25, 0.3) is 0 Å². The number of halogens is 1. The molecule has 0 aliphatic carbocycles. The van der Waals surface area contributed by atoms with Crippen molar-refractivity contribution in [2.75, 3.05) is 0 Å². The van der Waals surface area contributed by atoms with E-state index in [-0.39, 0.29) is 10.7 Å². The number of aryl methyl sites for hydroxylation is 1. The first-order chi connectivity index (χ1) is 8.58. The first-order valence-corrected chi connectivity index (χ1v) is 6.09. The summed E-state index contributed by atoms with van der Waals surface area (Å²) in [4.78, 5) is 16.1. The lowest BCUT2D eigenvalue weighted by atomic mass is 10.1. The van der Waals surface area contributed by atoms with Gasteiger partial charge in [-0.25, -0.2) is 9.78 Å². The number of carboxylic acid groups (broad SMARTS) is 1. The van der Waals surface area contributed by atoms with Gasteiger partial charge in [-0.1, -0.05) is 11.6 Å². The molecule has 8 heteroatoms. The maximum absolute atomic E-state index is 11.3. The smallest absolute Gasteiger partial charge is 0.336 e. The van der Waals surface area contributed by atoms with Gasteiger partial charge < -0.3 is 5.11 Å². The molecule has 1 N–H and O–H groups in total. The summed E-state index contributed by atoms with van der Waals surface area (Å²) in [6.45, 7) is 1.74. The van der Waals surface area contributed by atoms with Crippen molar-refractivity contribution in [3.05, 3.63) is 22.5 Å². The summed E-state index contributed by atoms with van der Waals surface area (Å²) in [5, 5.41) is 20.9. The van der Waals surface area contributed by atoms with Gasteiger partial charge in [0.1, 0.15) is 10.3 Å². The second kappa shape index (κ2) is 3.82. The Morgan fingerprint density at radius 1 is 1.44 bits per heavy atom. The van der Waals surface area contributed by atoms with Crippen molar-refractivity contribution < 1.29 is 9.90 Å². The molecule has 0 aliphatic heterocycles. The number of carboxylic acids is 1. The third-order valence-electron chi connectivity index (χ3n) is 2.46. The van der Waals surface area contributed by atoms with Crippen LogP contribution < -0.4 is 0 Å². The summed E-state index contributed by atoms with van der Waals surface area (Å²) >= 11 is 7.18. The van der Waals surface area contributed by atoms with Crippen LogP contribution in [0.25, 0.3) is 20.4 Å². The van der Waals surface area contributed by atoms with E-state index < -0.39 is 5.97 Å². The molecule has 0 amide bonds. The SMILES string of the molecule is Cc1cc(C(=O)O)c2c(n1)sc1c(Cl)nnnc12. The lowest BCUT2D eigenvalue weighted by Gasteiger charge is -1.99. The first-order valence-electron chi connectivity index (χ1n) is 4.90. The summed E-state index contributed by atoms with van der Waals surface area (Å²) in [7, 11) is 0. The minimum absolute atomic E-state index is 0.153. The normalized spacial score (nSPS) is 11.2. The van der Waals surface area contributed by atoms with Crippen LogP contribution in [0.1, 0.15) is 16.1 Å². The second-order valence-corrected chi connectivity index (χ2v) is 5.01. The molecule has 0 unspecified atom stereocenters. The fraction of sp³-hybridized carbons (Fsp3) is 0.100. The predicted octanol–water partition coefficient (Wildman–Crippen LogP) is 2.29. The summed E-state index contributed by atoms with van der Waals surface area (Å²) < 4.78 is 0.599. The summed E-state index contributed by atoms with van der Waals surface area (Å²) in [6.07, 6.45) is 0. The quantitative estimate of drug-likeness (QED) is 0.736. The Hall–Kier alpha value is -1.86. The van der Waals surface area contributed by atoms with Crippen molar-refractivity contribution >= 4 is 49.3 Å². The van der Waals surface area contributed by atoms with E-state index in [0.29, 0.717) is 26.1 Å². The van der Waals surface area contributed by atoms with E-state index in [9.17, 15) is 9.90 Å². The van der Waals surface area contributed by atoms with Crippen LogP contribution in [0, 0.1) is 6.92 Å². The van der Waals surface area contributed by atoms with Gasteiger partial charge in [0.15, 0.2) is 5.15 Å². The molecule has 0 saturated carbocycles. The van der Waals surface area contributed by atoms with Crippen LogP contribution in [0.2, 0.25) is 5.15 Å². The number of carbonyl (C=O) groups is 1. The summed E-state index contributed by atoms with van der Waals surface area (Å²) in [5.41, 5.74) is 1.21. The fourth-order valence-electron chi connectivity index (χ4n) is 1.76. The van der Waals surface area contributed by atoms with Crippen LogP contribution in [0.5, 0.6) is 0 Å². The van der Waals surface area contributed by atoms with Crippen LogP contribution in [-0.2, 0) is 0 Å². The van der Waals surface area contributed by atoms with Crippen molar-refractivity contribution in [1.82, 2.24) is 20.4 Å². The van der Waals surface area contributed by atoms with Crippen LogP contribution in [0.4, 0.5) is 0 Å². The number of fused-ring (bicyclic) bond motifs is 3. The number of aromatic carboxylic acids is 1. The molecule has 0 fully saturated rings. The van der Waals surface area contributed by atoms with Gasteiger partial charge in [-0.3, -0.25) is 0 Å². The number of pyridine rings is 1. The maximum Gasteiger partial charge on any atom is 0.336 e. The molecular weight excluding hydrogens is 276 g/mol. The van der Waals surface area contributed by atoms with Crippen molar-refractivity contribution in [3.8, 4) is 0 Å². The Labute approximate surface area is 109 Å². The van der Waals surface area contributed by atoms with Gasteiger partial charge in [0.05, 0.1) is 15.6 Å².